The average Bonchev–Trinajstić information content (AvgIpc) is 2.21. The largest absolute Gasteiger partial charge is 0.316 e. The van der Waals surface area contributed by atoms with Gasteiger partial charge in [0.25, 0.3) is 0 Å². The minimum Gasteiger partial charge on any atom is -0.316 e. The number of nitrogens with zero attached hydrogens (tertiary/aromatic N) is 1. The zero-order chi connectivity index (χ0) is 11.4. The van der Waals surface area contributed by atoms with Gasteiger partial charge in [0.1, 0.15) is 5.82 Å². The molecule has 1 aromatic rings. The first-order chi connectivity index (χ1) is 7.78. The van der Waals surface area contributed by atoms with E-state index in [9.17, 15) is 4.39 Å². The molecule has 1 aliphatic heterocycles. The topological polar surface area (TPSA) is 35.8 Å². The van der Waals surface area contributed by atoms with Gasteiger partial charge in [-0.3, -0.25) is 0 Å². The summed E-state index contributed by atoms with van der Waals surface area (Å²) in [6.45, 7) is 2.19. The maximum atomic E-state index is 13.1. The lowest BCUT2D eigenvalue weighted by Gasteiger charge is -2.26. The highest BCUT2D eigenvalue weighted by molar-refractivity contribution is 7.98. The van der Waals surface area contributed by atoms with Gasteiger partial charge >= 0.3 is 0 Å². The number of hydrogen-bond acceptors (Lipinski definition) is 3. The normalized spacial score (nSPS) is 15.5. The maximum absolute atomic E-state index is 13.1. The molecule has 0 spiro atoms. The highest BCUT2D eigenvalue weighted by atomic mass is 32.2. The Kier molecular flexibility index (Phi) is 3.81. The molecule has 0 atom stereocenters. The maximum Gasteiger partial charge on any atom is 0.124 e. The fourth-order valence-electron chi connectivity index (χ4n) is 1.61. The third kappa shape index (κ3) is 2.97. The molecule has 1 aliphatic rings. The lowest BCUT2D eigenvalue weighted by molar-refractivity contribution is 0.385. The summed E-state index contributed by atoms with van der Waals surface area (Å²) in [5.74, 6) is 2.32. The standard InChI is InChI=1S/C12H13FN2S/c13-12-2-9(4-14)1-10(3-12)7-16-8-11-5-15-6-11/h1-3,11,15H,5-8H2. The molecule has 0 aromatic heterocycles. The predicted molar refractivity (Wildman–Crippen MR) is 63.6 cm³/mol. The number of rotatable bonds is 4. The second-order valence-electron chi connectivity index (χ2n) is 4.00. The molecule has 0 saturated carbocycles. The Morgan fingerprint density at radius 1 is 1.44 bits per heavy atom. The van der Waals surface area contributed by atoms with Crippen molar-refractivity contribution >= 4 is 11.8 Å². The minimum absolute atomic E-state index is 0.319. The predicted octanol–water partition coefficient (Wildman–Crippen LogP) is 2.15. The zero-order valence-corrected chi connectivity index (χ0v) is 9.69. The van der Waals surface area contributed by atoms with Crippen molar-refractivity contribution in [2.45, 2.75) is 5.75 Å². The van der Waals surface area contributed by atoms with E-state index < -0.39 is 0 Å². The zero-order valence-electron chi connectivity index (χ0n) is 8.87. The summed E-state index contributed by atoms with van der Waals surface area (Å²) in [5, 5.41) is 11.9. The van der Waals surface area contributed by atoms with Crippen molar-refractivity contribution in [3.8, 4) is 6.07 Å². The summed E-state index contributed by atoms with van der Waals surface area (Å²) < 4.78 is 13.1. The van der Waals surface area contributed by atoms with Gasteiger partial charge in [0.15, 0.2) is 0 Å². The van der Waals surface area contributed by atoms with Crippen LogP contribution in [0.5, 0.6) is 0 Å². The number of benzene rings is 1. The van der Waals surface area contributed by atoms with Crippen LogP contribution in [0.2, 0.25) is 0 Å². The molecule has 1 aromatic carbocycles. The van der Waals surface area contributed by atoms with E-state index >= 15 is 0 Å². The molecule has 0 bridgehead atoms. The molecule has 0 amide bonds. The molecule has 1 heterocycles. The van der Waals surface area contributed by atoms with Crippen molar-refractivity contribution in [2.75, 3.05) is 18.8 Å². The molecule has 0 unspecified atom stereocenters. The van der Waals surface area contributed by atoms with E-state index in [1.807, 2.05) is 6.07 Å². The van der Waals surface area contributed by atoms with E-state index in [1.165, 1.54) is 12.1 Å². The van der Waals surface area contributed by atoms with Gasteiger partial charge in [0.05, 0.1) is 11.6 Å². The van der Waals surface area contributed by atoms with Crippen molar-refractivity contribution in [1.29, 1.82) is 5.26 Å². The van der Waals surface area contributed by atoms with Crippen LogP contribution in [-0.2, 0) is 5.75 Å². The first-order valence-electron chi connectivity index (χ1n) is 5.26. The summed E-state index contributed by atoms with van der Waals surface area (Å²) in [5.41, 5.74) is 1.30. The van der Waals surface area contributed by atoms with E-state index in [-0.39, 0.29) is 5.82 Å². The van der Waals surface area contributed by atoms with Crippen LogP contribution in [0.1, 0.15) is 11.1 Å². The molecular weight excluding hydrogens is 223 g/mol. The van der Waals surface area contributed by atoms with Crippen LogP contribution in [0.3, 0.4) is 0 Å². The van der Waals surface area contributed by atoms with Crippen LogP contribution in [0, 0.1) is 23.1 Å². The fraction of sp³-hybridized carbons (Fsp3) is 0.417. The Balaban J connectivity index is 1.88. The second-order valence-corrected chi connectivity index (χ2v) is 5.03. The number of nitrogens with one attached hydrogen (secondary N) is 1. The second kappa shape index (κ2) is 5.33. The van der Waals surface area contributed by atoms with Crippen molar-refractivity contribution in [3.05, 3.63) is 35.1 Å². The number of nitriles is 1. The van der Waals surface area contributed by atoms with Gasteiger partial charge in [-0.15, -0.1) is 0 Å². The highest BCUT2D eigenvalue weighted by Gasteiger charge is 2.15. The van der Waals surface area contributed by atoms with Gasteiger partial charge in [-0.2, -0.15) is 17.0 Å². The quantitative estimate of drug-likeness (QED) is 0.870. The molecule has 1 saturated heterocycles. The Bertz CT molecular complexity index is 410. The lowest BCUT2D eigenvalue weighted by Crippen LogP contribution is -2.43. The lowest BCUT2D eigenvalue weighted by atomic mass is 10.1. The molecule has 1 N–H and O–H groups in total. The minimum atomic E-state index is -0.319. The monoisotopic (exact) mass is 236 g/mol. The summed E-state index contributed by atoms with van der Waals surface area (Å²) in [7, 11) is 0. The SMILES string of the molecule is N#Cc1cc(F)cc(CSCC2CNC2)c1. The molecule has 16 heavy (non-hydrogen) atoms. The molecule has 2 nitrogen and oxygen atoms in total. The van der Waals surface area contributed by atoms with Gasteiger partial charge in [0, 0.05) is 5.75 Å². The molecule has 1 fully saturated rings. The van der Waals surface area contributed by atoms with Crippen LogP contribution in [0.25, 0.3) is 0 Å². The molecule has 4 heteroatoms. The Labute approximate surface area is 98.8 Å². The van der Waals surface area contributed by atoms with Crippen LogP contribution in [0.4, 0.5) is 4.39 Å². The van der Waals surface area contributed by atoms with Crippen molar-refractivity contribution < 1.29 is 4.39 Å². The Morgan fingerprint density at radius 3 is 2.88 bits per heavy atom. The van der Waals surface area contributed by atoms with Gasteiger partial charge in [0.2, 0.25) is 0 Å². The van der Waals surface area contributed by atoms with Crippen LogP contribution >= 0.6 is 11.8 Å². The van der Waals surface area contributed by atoms with Crippen LogP contribution in [0.15, 0.2) is 18.2 Å². The third-order valence-corrected chi connectivity index (χ3v) is 3.82. The van der Waals surface area contributed by atoms with E-state index in [0.29, 0.717) is 5.56 Å². The summed E-state index contributed by atoms with van der Waals surface area (Å²) >= 11 is 1.80. The molecule has 2 rings (SSSR count). The molecule has 0 aliphatic carbocycles. The molecular formula is C12H13FN2S. The number of thioether (sulfide) groups is 1. The number of hydrogen-bond donors (Lipinski definition) is 1. The van der Waals surface area contributed by atoms with Gasteiger partial charge in [-0.1, -0.05) is 0 Å². The first kappa shape index (κ1) is 11.4. The van der Waals surface area contributed by atoms with E-state index in [2.05, 4.69) is 5.32 Å². The highest BCUT2D eigenvalue weighted by Crippen LogP contribution is 2.19. The molecule has 84 valence electrons. The summed E-state index contributed by atoms with van der Waals surface area (Å²) in [6, 6.07) is 6.50. The summed E-state index contributed by atoms with van der Waals surface area (Å²) in [4.78, 5) is 0. The summed E-state index contributed by atoms with van der Waals surface area (Å²) in [6.07, 6.45) is 0. The van der Waals surface area contributed by atoms with Crippen molar-refractivity contribution in [1.82, 2.24) is 5.32 Å². The Morgan fingerprint density at radius 2 is 2.25 bits per heavy atom. The van der Waals surface area contributed by atoms with Crippen molar-refractivity contribution in [3.63, 3.8) is 0 Å². The van der Waals surface area contributed by atoms with E-state index in [0.717, 1.165) is 36.1 Å². The smallest absolute Gasteiger partial charge is 0.124 e. The third-order valence-electron chi connectivity index (χ3n) is 2.57. The van der Waals surface area contributed by atoms with Gasteiger partial charge in [-0.05, 0) is 48.5 Å². The van der Waals surface area contributed by atoms with Crippen LogP contribution in [-0.4, -0.2) is 18.8 Å². The Hall–Kier alpha value is -1.05. The number of halogens is 1. The van der Waals surface area contributed by atoms with E-state index in [1.54, 1.807) is 17.8 Å². The average molecular weight is 236 g/mol. The van der Waals surface area contributed by atoms with E-state index in [4.69, 9.17) is 5.26 Å². The first-order valence-corrected chi connectivity index (χ1v) is 6.41. The van der Waals surface area contributed by atoms with Crippen molar-refractivity contribution in [2.24, 2.45) is 5.92 Å². The van der Waals surface area contributed by atoms with Gasteiger partial charge < -0.3 is 5.32 Å². The van der Waals surface area contributed by atoms with Crippen LogP contribution < -0.4 is 5.32 Å². The van der Waals surface area contributed by atoms with Gasteiger partial charge in [-0.25, -0.2) is 4.39 Å². The molecule has 0 radical (unpaired) electrons. The fourth-order valence-corrected chi connectivity index (χ4v) is 2.70.